The van der Waals surface area contributed by atoms with E-state index in [1.165, 1.54) is 161 Å². The molecule has 0 aromatic carbocycles. The Hall–Kier alpha value is -0.440. The minimum absolute atomic E-state index is 0.529. The largest absolute Gasteiger partial charge is 0.379 e. The summed E-state index contributed by atoms with van der Waals surface area (Å²) >= 11 is 0. The van der Waals surface area contributed by atoms with Crippen LogP contribution in [0.15, 0.2) is 0 Å². The number of ether oxygens (including phenoxy) is 11. The Kier molecular flexibility index (Phi) is 60.1. The van der Waals surface area contributed by atoms with Gasteiger partial charge in [-0.15, -0.1) is 0 Å². The van der Waals surface area contributed by atoms with Crippen molar-refractivity contribution in [3.8, 4) is 0 Å². The number of hydrogen-bond donors (Lipinski definition) is 0. The van der Waals surface area contributed by atoms with Crippen LogP contribution < -0.4 is 0 Å². The second-order valence-electron chi connectivity index (χ2n) is 16.6. The summed E-state index contributed by atoms with van der Waals surface area (Å²) < 4.78 is 61.4. The van der Waals surface area contributed by atoms with Gasteiger partial charge in [0.2, 0.25) is 0 Å². The van der Waals surface area contributed by atoms with E-state index >= 15 is 0 Å². The second kappa shape index (κ2) is 60.6. The van der Waals surface area contributed by atoms with E-state index in [9.17, 15) is 0 Å². The zero-order valence-corrected chi connectivity index (χ0v) is 41.1. The Morgan fingerprint density at radius 3 is 0.387 bits per heavy atom. The molecule has 0 saturated heterocycles. The average Bonchev–Trinajstić information content (AvgIpc) is 3.28. The van der Waals surface area contributed by atoms with Gasteiger partial charge in [0.1, 0.15) is 0 Å². The molecule has 0 saturated carbocycles. The Balaban J connectivity index is 3.06. The van der Waals surface area contributed by atoms with Crippen molar-refractivity contribution in [3.05, 3.63) is 0 Å². The van der Waals surface area contributed by atoms with Crippen LogP contribution in [-0.4, -0.2) is 145 Å². The van der Waals surface area contributed by atoms with Crippen molar-refractivity contribution in [2.24, 2.45) is 0 Å². The van der Waals surface area contributed by atoms with Crippen molar-refractivity contribution in [1.82, 2.24) is 0 Å². The number of hydrogen-bond acceptors (Lipinski definition) is 11. The molecule has 0 N–H and O–H groups in total. The summed E-state index contributed by atoms with van der Waals surface area (Å²) in [5.74, 6) is 0. The van der Waals surface area contributed by atoms with Crippen LogP contribution in [0.5, 0.6) is 0 Å². The minimum Gasteiger partial charge on any atom is -0.379 e. The van der Waals surface area contributed by atoms with Gasteiger partial charge in [-0.1, -0.05) is 174 Å². The maximum absolute atomic E-state index is 5.71. The van der Waals surface area contributed by atoms with Crippen LogP contribution in [0.25, 0.3) is 0 Å². The predicted molar refractivity (Wildman–Crippen MR) is 255 cm³/mol. The van der Waals surface area contributed by atoms with Crippen LogP contribution in [-0.2, 0) is 52.1 Å². The molecule has 0 amide bonds. The lowest BCUT2D eigenvalue weighted by atomic mass is 10.0. The molecule has 0 fully saturated rings. The summed E-state index contributed by atoms with van der Waals surface area (Å²) in [4.78, 5) is 0. The average molecular weight is 893 g/mol. The van der Waals surface area contributed by atoms with E-state index in [2.05, 4.69) is 13.8 Å². The van der Waals surface area contributed by atoms with Crippen LogP contribution >= 0.6 is 0 Å². The molecule has 0 radical (unpaired) electrons. The lowest BCUT2D eigenvalue weighted by Gasteiger charge is -2.09. The number of rotatable bonds is 59. The summed E-state index contributed by atoms with van der Waals surface area (Å²) in [6.07, 6.45) is 37.1. The fourth-order valence-electron chi connectivity index (χ4n) is 6.92. The fourth-order valence-corrected chi connectivity index (χ4v) is 6.92. The van der Waals surface area contributed by atoms with Crippen molar-refractivity contribution in [2.45, 2.75) is 187 Å². The first-order chi connectivity index (χ1) is 30.9. The molecule has 0 heterocycles. The van der Waals surface area contributed by atoms with Gasteiger partial charge in [-0.2, -0.15) is 0 Å². The monoisotopic (exact) mass is 893 g/mol. The highest BCUT2D eigenvalue weighted by Gasteiger charge is 1.99. The molecule has 0 aliphatic rings. The Morgan fingerprint density at radius 2 is 0.242 bits per heavy atom. The number of unbranched alkanes of at least 4 members (excludes halogenated alkanes) is 25. The Bertz CT molecular complexity index is 691. The highest BCUT2D eigenvalue weighted by molar-refractivity contribution is 4.51. The summed E-state index contributed by atoms with van der Waals surface area (Å²) in [7, 11) is 0. The molecule has 11 heteroatoms. The molecule has 0 aliphatic heterocycles. The third kappa shape index (κ3) is 59.6. The summed E-state index contributed by atoms with van der Waals surface area (Å²) in [6, 6.07) is 0. The maximum atomic E-state index is 5.71. The van der Waals surface area contributed by atoms with E-state index in [1.54, 1.807) is 0 Å². The van der Waals surface area contributed by atoms with Gasteiger partial charge in [-0.3, -0.25) is 0 Å². The van der Waals surface area contributed by atoms with Gasteiger partial charge in [-0.25, -0.2) is 0 Å². The topological polar surface area (TPSA) is 102 Å². The van der Waals surface area contributed by atoms with Crippen LogP contribution in [0.4, 0.5) is 0 Å². The van der Waals surface area contributed by atoms with Crippen LogP contribution in [0.1, 0.15) is 187 Å². The molecule has 0 atom stereocenters. The second-order valence-corrected chi connectivity index (χ2v) is 16.6. The van der Waals surface area contributed by atoms with Gasteiger partial charge in [0.15, 0.2) is 0 Å². The van der Waals surface area contributed by atoms with Crippen LogP contribution in [0.2, 0.25) is 0 Å². The van der Waals surface area contributed by atoms with Crippen molar-refractivity contribution in [2.75, 3.05) is 145 Å². The zero-order valence-electron chi connectivity index (χ0n) is 41.1. The third-order valence-corrected chi connectivity index (χ3v) is 10.8. The molecular weight excluding hydrogens is 789 g/mol. The molecule has 0 spiro atoms. The first kappa shape index (κ1) is 61.6. The quantitative estimate of drug-likeness (QED) is 0.0546. The minimum atomic E-state index is 0.529. The lowest BCUT2D eigenvalue weighted by molar-refractivity contribution is -0.0275. The molecule has 11 nitrogen and oxygen atoms in total. The molecule has 62 heavy (non-hydrogen) atoms. The van der Waals surface area contributed by atoms with E-state index in [0.717, 1.165) is 26.1 Å². The Labute approximate surface area is 383 Å². The van der Waals surface area contributed by atoms with Gasteiger partial charge in [0.05, 0.1) is 132 Å². The van der Waals surface area contributed by atoms with Gasteiger partial charge in [-0.05, 0) is 12.8 Å². The van der Waals surface area contributed by atoms with Gasteiger partial charge in [0, 0.05) is 13.2 Å². The first-order valence-corrected chi connectivity index (χ1v) is 26.3. The van der Waals surface area contributed by atoms with Crippen LogP contribution in [0.3, 0.4) is 0 Å². The van der Waals surface area contributed by atoms with Gasteiger partial charge in [0.25, 0.3) is 0 Å². The summed E-state index contributed by atoms with van der Waals surface area (Å²) in [6.45, 7) is 17.5. The normalized spacial score (nSPS) is 11.7. The molecule has 0 aromatic rings. The van der Waals surface area contributed by atoms with Crippen molar-refractivity contribution in [1.29, 1.82) is 0 Å². The van der Waals surface area contributed by atoms with Crippen molar-refractivity contribution in [3.63, 3.8) is 0 Å². The third-order valence-electron chi connectivity index (χ3n) is 10.8. The molecule has 0 aliphatic carbocycles. The smallest absolute Gasteiger partial charge is 0.0701 e. The van der Waals surface area contributed by atoms with Crippen molar-refractivity contribution < 1.29 is 52.1 Å². The highest BCUT2D eigenvalue weighted by Crippen LogP contribution is 2.14. The standard InChI is InChI=1S/C51H104O11/c1-3-5-7-9-11-13-15-16-17-18-19-21-23-25-27-29-31-53-33-35-55-37-39-57-41-43-59-45-47-61-49-51-62-50-48-60-46-44-58-42-40-56-38-36-54-34-32-52-30-28-26-24-22-20-14-12-10-8-6-4-2/h3-51H2,1-2H3. The van der Waals surface area contributed by atoms with E-state index < -0.39 is 0 Å². The predicted octanol–water partition coefficient (Wildman–Crippen LogP) is 11.7. The SMILES string of the molecule is CCCCCCCCCCCCCCCCCCOCCOCCOCCOCCOCCOCCOCCOCCOCCOCCOCCCCCCCCCCCCC. The molecule has 0 aromatic heterocycles. The molecule has 0 unspecified atom stereocenters. The molecule has 0 bridgehead atoms. The fraction of sp³-hybridized carbons (Fsp3) is 1.00. The van der Waals surface area contributed by atoms with Crippen LogP contribution in [0, 0.1) is 0 Å². The molecular formula is C51H104O11. The summed E-state index contributed by atoms with van der Waals surface area (Å²) in [5, 5.41) is 0. The molecule has 0 rings (SSSR count). The lowest BCUT2D eigenvalue weighted by Crippen LogP contribution is -2.15. The van der Waals surface area contributed by atoms with Gasteiger partial charge < -0.3 is 52.1 Å². The van der Waals surface area contributed by atoms with Gasteiger partial charge >= 0.3 is 0 Å². The zero-order chi connectivity index (χ0) is 44.4. The van der Waals surface area contributed by atoms with E-state index in [0.29, 0.717) is 132 Å². The van der Waals surface area contributed by atoms with Crippen molar-refractivity contribution >= 4 is 0 Å². The van der Waals surface area contributed by atoms with E-state index in [4.69, 9.17) is 52.1 Å². The Morgan fingerprint density at radius 1 is 0.129 bits per heavy atom. The molecule has 374 valence electrons. The first-order valence-electron chi connectivity index (χ1n) is 26.3. The maximum Gasteiger partial charge on any atom is 0.0701 e. The summed E-state index contributed by atoms with van der Waals surface area (Å²) in [5.41, 5.74) is 0. The highest BCUT2D eigenvalue weighted by atomic mass is 16.6. The van der Waals surface area contributed by atoms with E-state index in [-0.39, 0.29) is 0 Å². The van der Waals surface area contributed by atoms with E-state index in [1.807, 2.05) is 0 Å².